The van der Waals surface area contributed by atoms with Crippen molar-refractivity contribution in [2.24, 2.45) is 0 Å². The van der Waals surface area contributed by atoms with E-state index in [1.54, 1.807) is 42.3 Å². The van der Waals surface area contributed by atoms with Crippen LogP contribution in [0.1, 0.15) is 31.4 Å². The molecule has 1 heterocycles. The fourth-order valence-electron chi connectivity index (χ4n) is 2.04. The van der Waals surface area contributed by atoms with Gasteiger partial charge in [-0.15, -0.1) is 11.3 Å². The molecule has 0 bridgehead atoms. The third-order valence-corrected chi connectivity index (χ3v) is 4.15. The van der Waals surface area contributed by atoms with E-state index >= 15 is 0 Å². The minimum atomic E-state index is -0.466. The van der Waals surface area contributed by atoms with Crippen LogP contribution < -0.4 is 0 Å². The van der Waals surface area contributed by atoms with E-state index in [1.807, 2.05) is 12.3 Å². The van der Waals surface area contributed by atoms with E-state index < -0.39 is 5.97 Å². The molecule has 6 nitrogen and oxygen atoms in total. The fraction of sp³-hybridized carbons (Fsp3) is 0.312. The van der Waals surface area contributed by atoms with Crippen molar-refractivity contribution < 1.29 is 14.3 Å². The van der Waals surface area contributed by atoms with E-state index in [-0.39, 0.29) is 5.91 Å². The molecule has 2 rings (SSSR count). The number of aromatic nitrogens is 1. The summed E-state index contributed by atoms with van der Waals surface area (Å²) < 4.78 is 4.69. The smallest absolute Gasteiger partial charge is 0.337 e. The lowest BCUT2D eigenvalue weighted by Crippen LogP contribution is -2.41. The van der Waals surface area contributed by atoms with Crippen molar-refractivity contribution in [1.82, 2.24) is 15.0 Å². The van der Waals surface area contributed by atoms with Crippen LogP contribution in [0, 0.1) is 6.92 Å². The van der Waals surface area contributed by atoms with Gasteiger partial charge in [-0.05, 0) is 25.1 Å². The van der Waals surface area contributed by atoms with E-state index in [0.717, 1.165) is 10.7 Å². The van der Waals surface area contributed by atoms with Gasteiger partial charge in [0.2, 0.25) is 0 Å². The molecule has 7 heteroatoms. The number of carbonyl (C=O) groups is 2. The summed E-state index contributed by atoms with van der Waals surface area (Å²) in [5.74, 6) is -0.666. The molecule has 1 amide bonds. The predicted molar refractivity (Wildman–Crippen MR) is 88.2 cm³/mol. The maximum Gasteiger partial charge on any atom is 0.337 e. The zero-order valence-electron chi connectivity index (χ0n) is 13.6. The minimum Gasteiger partial charge on any atom is -0.465 e. The van der Waals surface area contributed by atoms with Gasteiger partial charge in [0.05, 0.1) is 19.2 Å². The molecule has 1 aromatic carbocycles. The fourth-order valence-corrected chi connectivity index (χ4v) is 2.80. The van der Waals surface area contributed by atoms with E-state index in [4.69, 9.17) is 4.74 Å². The van der Waals surface area contributed by atoms with Crippen molar-refractivity contribution in [3.8, 4) is 0 Å². The Labute approximate surface area is 139 Å². The first kappa shape index (κ1) is 17.1. The number of carbonyl (C=O) groups excluding carboxylic acids is 2. The first-order valence-corrected chi connectivity index (χ1v) is 7.89. The standard InChI is InChI=1S/C16H19N3O3S/c1-11-10-23-14(17-11)9-19(18(2)3)15(20)12-6-5-7-13(8-12)16(21)22-4/h5-8,10H,9H2,1-4H3. The van der Waals surface area contributed by atoms with Crippen LogP contribution in [0.5, 0.6) is 0 Å². The number of amides is 1. The maximum absolute atomic E-state index is 12.8. The normalized spacial score (nSPS) is 10.7. The van der Waals surface area contributed by atoms with Crippen molar-refractivity contribution in [3.05, 3.63) is 51.5 Å². The van der Waals surface area contributed by atoms with Crippen LogP contribution in [0.3, 0.4) is 0 Å². The zero-order valence-corrected chi connectivity index (χ0v) is 14.4. The van der Waals surface area contributed by atoms with Crippen molar-refractivity contribution in [3.63, 3.8) is 0 Å². The minimum absolute atomic E-state index is 0.200. The highest BCUT2D eigenvalue weighted by molar-refractivity contribution is 7.09. The van der Waals surface area contributed by atoms with Crippen LogP contribution in [0.25, 0.3) is 0 Å². The van der Waals surface area contributed by atoms with E-state index in [1.165, 1.54) is 24.5 Å². The van der Waals surface area contributed by atoms with E-state index in [0.29, 0.717) is 17.7 Å². The van der Waals surface area contributed by atoms with Gasteiger partial charge in [-0.3, -0.25) is 9.80 Å². The number of thiazole rings is 1. The highest BCUT2D eigenvalue weighted by atomic mass is 32.1. The SMILES string of the molecule is COC(=O)c1cccc(C(=O)N(Cc2nc(C)cs2)N(C)C)c1. The Bertz CT molecular complexity index is 712. The van der Waals surface area contributed by atoms with Gasteiger partial charge in [-0.25, -0.2) is 14.8 Å². The molecule has 0 aliphatic heterocycles. The summed E-state index contributed by atoms with van der Waals surface area (Å²) in [6, 6.07) is 6.50. The summed E-state index contributed by atoms with van der Waals surface area (Å²) in [7, 11) is 4.90. The predicted octanol–water partition coefficient (Wildman–Crippen LogP) is 2.36. The molecule has 0 N–H and O–H groups in total. The number of esters is 1. The van der Waals surface area contributed by atoms with Crippen LogP contribution in [-0.4, -0.2) is 48.1 Å². The van der Waals surface area contributed by atoms with Crippen molar-refractivity contribution in [2.75, 3.05) is 21.2 Å². The topological polar surface area (TPSA) is 62.7 Å². The van der Waals surface area contributed by atoms with Gasteiger partial charge in [0.15, 0.2) is 0 Å². The molecule has 2 aromatic rings. The third-order valence-electron chi connectivity index (χ3n) is 3.20. The van der Waals surface area contributed by atoms with Crippen molar-refractivity contribution in [2.45, 2.75) is 13.5 Å². The Hall–Kier alpha value is -2.25. The molecular weight excluding hydrogens is 314 g/mol. The molecule has 0 atom stereocenters. The number of nitrogens with zero attached hydrogens (tertiary/aromatic N) is 3. The lowest BCUT2D eigenvalue weighted by molar-refractivity contribution is 0.0154. The van der Waals surface area contributed by atoms with Crippen LogP contribution in [-0.2, 0) is 11.3 Å². The lowest BCUT2D eigenvalue weighted by atomic mass is 10.1. The summed E-state index contributed by atoms with van der Waals surface area (Å²) in [6.07, 6.45) is 0. The van der Waals surface area contributed by atoms with Gasteiger partial charge in [-0.1, -0.05) is 6.07 Å². The second kappa shape index (κ2) is 7.34. The van der Waals surface area contributed by atoms with Crippen molar-refractivity contribution in [1.29, 1.82) is 0 Å². The van der Waals surface area contributed by atoms with E-state index in [2.05, 4.69) is 4.98 Å². The number of rotatable bonds is 5. The second-order valence-corrected chi connectivity index (χ2v) is 6.11. The highest BCUT2D eigenvalue weighted by Gasteiger charge is 2.20. The Kier molecular flexibility index (Phi) is 5.46. The molecule has 0 fully saturated rings. The molecule has 0 saturated heterocycles. The van der Waals surface area contributed by atoms with Gasteiger partial charge in [0, 0.05) is 30.7 Å². The number of ether oxygens (including phenoxy) is 1. The molecule has 0 unspecified atom stereocenters. The number of hydrogen-bond acceptors (Lipinski definition) is 6. The van der Waals surface area contributed by atoms with Crippen LogP contribution in [0.4, 0.5) is 0 Å². The second-order valence-electron chi connectivity index (χ2n) is 5.17. The third kappa shape index (κ3) is 4.14. The summed E-state index contributed by atoms with van der Waals surface area (Å²) in [6.45, 7) is 2.30. The molecule has 122 valence electrons. The van der Waals surface area contributed by atoms with Crippen LogP contribution in [0.2, 0.25) is 0 Å². The Balaban J connectivity index is 2.25. The average molecular weight is 333 g/mol. The van der Waals surface area contributed by atoms with Gasteiger partial charge < -0.3 is 4.74 Å². The Morgan fingerprint density at radius 2 is 1.96 bits per heavy atom. The molecule has 0 radical (unpaired) electrons. The largest absolute Gasteiger partial charge is 0.465 e. The molecule has 0 aliphatic carbocycles. The Morgan fingerprint density at radius 3 is 2.52 bits per heavy atom. The molecule has 0 spiro atoms. The summed E-state index contributed by atoms with van der Waals surface area (Å²) in [4.78, 5) is 28.8. The van der Waals surface area contributed by atoms with Gasteiger partial charge in [0.25, 0.3) is 5.91 Å². The molecule has 0 saturated carbocycles. The maximum atomic E-state index is 12.8. The van der Waals surface area contributed by atoms with Crippen LogP contribution in [0.15, 0.2) is 29.6 Å². The highest BCUT2D eigenvalue weighted by Crippen LogP contribution is 2.16. The van der Waals surface area contributed by atoms with Crippen LogP contribution >= 0.6 is 11.3 Å². The Morgan fingerprint density at radius 1 is 1.26 bits per heavy atom. The monoisotopic (exact) mass is 333 g/mol. The lowest BCUT2D eigenvalue weighted by Gasteiger charge is -2.28. The molecular formula is C16H19N3O3S. The first-order valence-electron chi connectivity index (χ1n) is 7.01. The molecule has 23 heavy (non-hydrogen) atoms. The van der Waals surface area contributed by atoms with Gasteiger partial charge in [-0.2, -0.15) is 0 Å². The number of hydrogen-bond donors (Lipinski definition) is 0. The number of hydrazine groups is 1. The quantitative estimate of drug-likeness (QED) is 0.621. The summed E-state index contributed by atoms with van der Waals surface area (Å²) in [5.41, 5.74) is 1.71. The molecule has 0 aliphatic rings. The van der Waals surface area contributed by atoms with Crippen molar-refractivity contribution >= 4 is 23.2 Å². The number of aryl methyl sites for hydroxylation is 1. The summed E-state index contributed by atoms with van der Waals surface area (Å²) >= 11 is 1.51. The first-order chi connectivity index (χ1) is 10.9. The summed E-state index contributed by atoms with van der Waals surface area (Å²) in [5, 5.41) is 6.10. The number of benzene rings is 1. The average Bonchev–Trinajstić information content (AvgIpc) is 2.96. The zero-order chi connectivity index (χ0) is 17.0. The molecule has 1 aromatic heterocycles. The van der Waals surface area contributed by atoms with E-state index in [9.17, 15) is 9.59 Å². The van der Waals surface area contributed by atoms with Gasteiger partial charge in [0.1, 0.15) is 5.01 Å². The van der Waals surface area contributed by atoms with Gasteiger partial charge >= 0.3 is 5.97 Å². The number of methoxy groups -OCH3 is 1.